The van der Waals surface area contributed by atoms with Gasteiger partial charge in [0.15, 0.2) is 0 Å². The normalized spacial score (nSPS) is 10.8. The average molecular weight is 214 g/mol. The monoisotopic (exact) mass is 214 g/mol. The molecule has 0 radical (unpaired) electrons. The molecule has 1 aromatic rings. The van der Waals surface area contributed by atoms with Crippen LogP contribution in [0.15, 0.2) is 4.52 Å². The number of aromatic nitrogens is 1. The predicted octanol–water partition coefficient (Wildman–Crippen LogP) is 2.13. The van der Waals surface area contributed by atoms with Crippen molar-refractivity contribution in [3.05, 3.63) is 17.0 Å². The number of hydrogen-bond donors (Lipinski definition) is 1. The van der Waals surface area contributed by atoms with Crippen LogP contribution in [0.5, 0.6) is 0 Å². The average Bonchev–Trinajstić information content (AvgIpc) is 2.48. The highest BCUT2D eigenvalue weighted by atomic mass is 32.2. The van der Waals surface area contributed by atoms with Gasteiger partial charge in [0, 0.05) is 12.1 Å². The summed E-state index contributed by atoms with van der Waals surface area (Å²) in [7, 11) is 0. The summed E-state index contributed by atoms with van der Waals surface area (Å²) in [5.41, 5.74) is 2.20. The van der Waals surface area contributed by atoms with Crippen molar-refractivity contribution < 1.29 is 4.52 Å². The Bertz CT molecular complexity index is 254. The summed E-state index contributed by atoms with van der Waals surface area (Å²) in [6.07, 6.45) is 3.35. The summed E-state index contributed by atoms with van der Waals surface area (Å²) in [5.74, 6) is 2.15. The highest BCUT2D eigenvalue weighted by molar-refractivity contribution is 7.98. The number of hydrogen-bond acceptors (Lipinski definition) is 4. The van der Waals surface area contributed by atoms with Gasteiger partial charge in [-0.25, -0.2) is 0 Å². The van der Waals surface area contributed by atoms with E-state index in [1.54, 1.807) is 0 Å². The Morgan fingerprint density at radius 2 is 2.21 bits per heavy atom. The molecule has 1 heterocycles. The molecule has 80 valence electrons. The summed E-state index contributed by atoms with van der Waals surface area (Å²) >= 11 is 1.88. The Labute approximate surface area is 89.6 Å². The molecule has 14 heavy (non-hydrogen) atoms. The lowest BCUT2D eigenvalue weighted by atomic mass is 10.2. The van der Waals surface area contributed by atoms with Crippen LogP contribution in [-0.2, 0) is 6.54 Å². The van der Waals surface area contributed by atoms with Gasteiger partial charge in [-0.2, -0.15) is 11.8 Å². The SMILES string of the molecule is CSCCCNCc1c(C)noc1C. The Hall–Kier alpha value is -0.480. The molecule has 0 bridgehead atoms. The maximum atomic E-state index is 5.08. The van der Waals surface area contributed by atoms with E-state index < -0.39 is 0 Å². The van der Waals surface area contributed by atoms with Crippen LogP contribution in [0.2, 0.25) is 0 Å². The van der Waals surface area contributed by atoms with E-state index in [1.165, 1.54) is 17.7 Å². The molecule has 1 aromatic heterocycles. The Morgan fingerprint density at radius 3 is 2.79 bits per heavy atom. The topological polar surface area (TPSA) is 38.1 Å². The van der Waals surface area contributed by atoms with Crippen LogP contribution in [0.3, 0.4) is 0 Å². The fourth-order valence-electron chi connectivity index (χ4n) is 1.31. The lowest BCUT2D eigenvalue weighted by Crippen LogP contribution is -2.16. The van der Waals surface area contributed by atoms with E-state index >= 15 is 0 Å². The molecular weight excluding hydrogens is 196 g/mol. The van der Waals surface area contributed by atoms with Gasteiger partial charge in [0.05, 0.1) is 5.69 Å². The van der Waals surface area contributed by atoms with Crippen molar-refractivity contribution in [1.82, 2.24) is 10.5 Å². The molecule has 4 heteroatoms. The van der Waals surface area contributed by atoms with Gasteiger partial charge in [0.2, 0.25) is 0 Å². The van der Waals surface area contributed by atoms with E-state index in [0.29, 0.717) is 0 Å². The van der Waals surface area contributed by atoms with Crippen LogP contribution in [0.4, 0.5) is 0 Å². The van der Waals surface area contributed by atoms with Crippen molar-refractivity contribution in [2.45, 2.75) is 26.8 Å². The second-order valence-corrected chi connectivity index (χ2v) is 4.31. The van der Waals surface area contributed by atoms with Crippen LogP contribution < -0.4 is 5.32 Å². The van der Waals surface area contributed by atoms with E-state index in [1.807, 2.05) is 25.6 Å². The van der Waals surface area contributed by atoms with Crippen molar-refractivity contribution in [2.24, 2.45) is 0 Å². The van der Waals surface area contributed by atoms with E-state index in [9.17, 15) is 0 Å². The Balaban J connectivity index is 2.24. The highest BCUT2D eigenvalue weighted by Crippen LogP contribution is 2.11. The summed E-state index contributed by atoms with van der Waals surface area (Å²) in [5, 5.41) is 7.30. The number of thioether (sulfide) groups is 1. The molecule has 0 saturated heterocycles. The molecule has 0 saturated carbocycles. The second-order valence-electron chi connectivity index (χ2n) is 3.33. The molecule has 0 unspecified atom stereocenters. The molecule has 0 aliphatic rings. The van der Waals surface area contributed by atoms with Crippen LogP contribution in [0.1, 0.15) is 23.4 Å². The number of aryl methyl sites for hydroxylation is 2. The minimum Gasteiger partial charge on any atom is -0.361 e. The van der Waals surface area contributed by atoms with Crippen LogP contribution >= 0.6 is 11.8 Å². The summed E-state index contributed by atoms with van der Waals surface area (Å²) in [4.78, 5) is 0. The molecule has 0 aliphatic heterocycles. The van der Waals surface area contributed by atoms with Gasteiger partial charge in [0.1, 0.15) is 5.76 Å². The predicted molar refractivity (Wildman–Crippen MR) is 60.7 cm³/mol. The van der Waals surface area contributed by atoms with E-state index in [-0.39, 0.29) is 0 Å². The summed E-state index contributed by atoms with van der Waals surface area (Å²) < 4.78 is 5.08. The molecule has 0 spiro atoms. The number of nitrogens with one attached hydrogen (secondary N) is 1. The van der Waals surface area contributed by atoms with Gasteiger partial charge < -0.3 is 9.84 Å². The largest absolute Gasteiger partial charge is 0.361 e. The molecule has 1 N–H and O–H groups in total. The smallest absolute Gasteiger partial charge is 0.138 e. The molecule has 3 nitrogen and oxygen atoms in total. The Morgan fingerprint density at radius 1 is 1.43 bits per heavy atom. The van der Waals surface area contributed by atoms with Gasteiger partial charge in [-0.3, -0.25) is 0 Å². The van der Waals surface area contributed by atoms with E-state index in [2.05, 4.69) is 16.7 Å². The van der Waals surface area contributed by atoms with Gasteiger partial charge in [0.25, 0.3) is 0 Å². The first kappa shape index (κ1) is 11.6. The zero-order chi connectivity index (χ0) is 10.4. The van der Waals surface area contributed by atoms with Crippen LogP contribution in [0.25, 0.3) is 0 Å². The molecule has 0 fully saturated rings. The molecule has 0 atom stereocenters. The number of nitrogens with zero attached hydrogens (tertiary/aromatic N) is 1. The lowest BCUT2D eigenvalue weighted by molar-refractivity contribution is 0.392. The van der Waals surface area contributed by atoms with Gasteiger partial charge in [-0.05, 0) is 38.8 Å². The zero-order valence-corrected chi connectivity index (χ0v) is 9.91. The number of rotatable bonds is 6. The van der Waals surface area contributed by atoms with E-state index in [0.717, 1.165) is 24.5 Å². The first-order valence-corrected chi connectivity index (χ1v) is 6.26. The minimum absolute atomic E-state index is 0.871. The van der Waals surface area contributed by atoms with E-state index in [4.69, 9.17) is 4.52 Å². The van der Waals surface area contributed by atoms with Gasteiger partial charge >= 0.3 is 0 Å². The first-order valence-electron chi connectivity index (χ1n) is 4.87. The summed E-state index contributed by atoms with van der Waals surface area (Å²) in [6.45, 7) is 5.87. The zero-order valence-electron chi connectivity index (χ0n) is 9.09. The maximum Gasteiger partial charge on any atom is 0.138 e. The van der Waals surface area contributed by atoms with Crippen molar-refractivity contribution in [2.75, 3.05) is 18.6 Å². The third kappa shape index (κ3) is 3.35. The molecule has 0 aliphatic carbocycles. The van der Waals surface area contributed by atoms with Crippen LogP contribution in [0, 0.1) is 13.8 Å². The first-order chi connectivity index (χ1) is 6.75. The minimum atomic E-state index is 0.871. The highest BCUT2D eigenvalue weighted by Gasteiger charge is 2.07. The molecule has 0 amide bonds. The van der Waals surface area contributed by atoms with Crippen LogP contribution in [-0.4, -0.2) is 23.7 Å². The molecule has 0 aromatic carbocycles. The standard InChI is InChI=1S/C10H18N2OS/c1-8-10(9(2)13-12-8)7-11-5-4-6-14-3/h11H,4-7H2,1-3H3. The van der Waals surface area contributed by atoms with Crippen molar-refractivity contribution in [3.8, 4) is 0 Å². The fraction of sp³-hybridized carbons (Fsp3) is 0.700. The third-order valence-electron chi connectivity index (χ3n) is 2.19. The quantitative estimate of drug-likeness (QED) is 0.736. The maximum absolute atomic E-state index is 5.08. The second kappa shape index (κ2) is 6.09. The summed E-state index contributed by atoms with van der Waals surface area (Å²) in [6, 6.07) is 0. The van der Waals surface area contributed by atoms with Crippen molar-refractivity contribution >= 4 is 11.8 Å². The molecule has 1 rings (SSSR count). The molecular formula is C10H18N2OS. The van der Waals surface area contributed by atoms with Gasteiger partial charge in [-0.15, -0.1) is 0 Å². The van der Waals surface area contributed by atoms with Crippen molar-refractivity contribution in [3.63, 3.8) is 0 Å². The van der Waals surface area contributed by atoms with Gasteiger partial charge in [-0.1, -0.05) is 5.16 Å². The third-order valence-corrected chi connectivity index (χ3v) is 2.88. The lowest BCUT2D eigenvalue weighted by Gasteiger charge is -2.02. The Kier molecular flexibility index (Phi) is 5.04. The fourth-order valence-corrected chi connectivity index (χ4v) is 1.74. The van der Waals surface area contributed by atoms with Crippen molar-refractivity contribution in [1.29, 1.82) is 0 Å².